The van der Waals surface area contributed by atoms with Crippen LogP contribution >= 0.6 is 11.8 Å². The summed E-state index contributed by atoms with van der Waals surface area (Å²) >= 11 is 1.38. The van der Waals surface area contributed by atoms with Gasteiger partial charge in [0.05, 0.1) is 24.2 Å². The van der Waals surface area contributed by atoms with Gasteiger partial charge in [0.2, 0.25) is 5.91 Å². The molecule has 0 aliphatic carbocycles. The van der Waals surface area contributed by atoms with Gasteiger partial charge in [-0.25, -0.2) is 4.98 Å². The van der Waals surface area contributed by atoms with Gasteiger partial charge in [0.15, 0.2) is 5.65 Å². The van der Waals surface area contributed by atoms with Crippen LogP contribution < -0.4 is 15.6 Å². The summed E-state index contributed by atoms with van der Waals surface area (Å²) in [6, 6.07) is 10.3. The van der Waals surface area contributed by atoms with Crippen molar-refractivity contribution in [2.24, 2.45) is 0 Å². The molecule has 0 saturated heterocycles. The van der Waals surface area contributed by atoms with Crippen molar-refractivity contribution >= 4 is 29.0 Å². The number of fused-ring (bicyclic) bond motifs is 1. The maximum atomic E-state index is 12.1. The smallest absolute Gasteiger partial charge is 0.287 e. The lowest BCUT2D eigenvalue weighted by atomic mass is 10.3. The average Bonchev–Trinajstić information content (AvgIpc) is 2.96. The van der Waals surface area contributed by atoms with E-state index in [1.807, 2.05) is 12.1 Å². The van der Waals surface area contributed by atoms with Gasteiger partial charge in [0.25, 0.3) is 5.56 Å². The normalized spacial score (nSPS) is 10.8. The Kier molecular flexibility index (Phi) is 5.08. The summed E-state index contributed by atoms with van der Waals surface area (Å²) in [6.45, 7) is 1.75. The number of ether oxygens (including phenoxy) is 1. The van der Waals surface area contributed by atoms with Crippen molar-refractivity contribution < 1.29 is 14.1 Å². The van der Waals surface area contributed by atoms with Gasteiger partial charge < -0.3 is 14.6 Å². The van der Waals surface area contributed by atoms with Crippen LogP contribution in [0.25, 0.3) is 5.65 Å². The highest BCUT2D eigenvalue weighted by Crippen LogP contribution is 2.23. The fourth-order valence-electron chi connectivity index (χ4n) is 2.33. The van der Waals surface area contributed by atoms with Crippen molar-refractivity contribution in [2.45, 2.75) is 12.7 Å². The zero-order valence-electron chi connectivity index (χ0n) is 13.8. The van der Waals surface area contributed by atoms with E-state index in [0.717, 1.165) is 4.57 Å². The first-order valence-electron chi connectivity index (χ1n) is 7.57. The van der Waals surface area contributed by atoms with E-state index in [9.17, 15) is 9.59 Å². The Morgan fingerprint density at radius 2 is 2.16 bits per heavy atom. The van der Waals surface area contributed by atoms with Gasteiger partial charge in [0.1, 0.15) is 11.5 Å². The average molecular weight is 359 g/mol. The third-order valence-corrected chi connectivity index (χ3v) is 4.35. The van der Waals surface area contributed by atoms with Crippen LogP contribution in [0.4, 0.5) is 5.69 Å². The molecule has 25 heavy (non-hydrogen) atoms. The predicted molar refractivity (Wildman–Crippen MR) is 96.3 cm³/mol. The lowest BCUT2D eigenvalue weighted by Crippen LogP contribution is -2.16. The fraction of sp³-hybridized carbons (Fsp3) is 0.235. The number of nitrogens with zero attached hydrogens (tertiary/aromatic N) is 2. The number of thioether (sulfide) groups is 1. The highest BCUT2D eigenvalue weighted by Gasteiger charge is 2.09. The molecule has 3 rings (SSSR count). The molecular formula is C17H17N3O4S. The molecule has 0 spiro atoms. The number of methoxy groups -OCH3 is 1. The number of hydrogen-bond donors (Lipinski definition) is 1. The first-order valence-corrected chi connectivity index (χ1v) is 8.72. The van der Waals surface area contributed by atoms with E-state index in [1.54, 1.807) is 32.2 Å². The molecule has 0 fully saturated rings. The number of para-hydroxylation sites is 2. The van der Waals surface area contributed by atoms with Crippen molar-refractivity contribution in [3.63, 3.8) is 0 Å². The van der Waals surface area contributed by atoms with Gasteiger partial charge in [-0.05, 0) is 19.1 Å². The molecule has 0 radical (unpaired) electrons. The molecule has 0 aliphatic heterocycles. The van der Waals surface area contributed by atoms with Gasteiger partial charge in [-0.1, -0.05) is 12.1 Å². The lowest BCUT2D eigenvalue weighted by Gasteiger charge is -2.09. The van der Waals surface area contributed by atoms with Gasteiger partial charge in [-0.15, -0.1) is 16.3 Å². The maximum Gasteiger partial charge on any atom is 0.287 e. The summed E-state index contributed by atoms with van der Waals surface area (Å²) in [7, 11) is 1.55. The first-order chi connectivity index (χ1) is 12.1. The van der Waals surface area contributed by atoms with Crippen LogP contribution in [0, 0.1) is 6.92 Å². The predicted octanol–water partition coefficient (Wildman–Crippen LogP) is 2.48. The molecule has 1 N–H and O–H groups in total. The van der Waals surface area contributed by atoms with Crippen LogP contribution in [-0.2, 0) is 10.5 Å². The second-order valence-electron chi connectivity index (χ2n) is 5.33. The molecule has 3 aromatic rings. The number of amides is 1. The summed E-state index contributed by atoms with van der Waals surface area (Å²) in [5, 5.41) is 2.81. The second kappa shape index (κ2) is 7.43. The van der Waals surface area contributed by atoms with Gasteiger partial charge >= 0.3 is 0 Å². The molecule has 7 nitrogen and oxygen atoms in total. The van der Waals surface area contributed by atoms with Crippen molar-refractivity contribution in [2.75, 3.05) is 18.2 Å². The van der Waals surface area contributed by atoms with Gasteiger partial charge in [0, 0.05) is 17.9 Å². The summed E-state index contributed by atoms with van der Waals surface area (Å²) in [4.78, 5) is 28.4. The minimum atomic E-state index is -0.271. The monoisotopic (exact) mass is 359 g/mol. The molecular weight excluding hydrogens is 342 g/mol. The number of anilines is 1. The SMILES string of the molecule is COc1ccccc1NC(=O)CSCc1cc(=O)n2oc(C)cc2n1. The summed E-state index contributed by atoms with van der Waals surface area (Å²) < 4.78 is 11.6. The zero-order chi connectivity index (χ0) is 17.8. The largest absolute Gasteiger partial charge is 0.495 e. The van der Waals surface area contributed by atoms with Crippen molar-refractivity contribution in [3.8, 4) is 5.75 Å². The number of nitrogens with one attached hydrogen (secondary N) is 1. The molecule has 0 saturated carbocycles. The highest BCUT2D eigenvalue weighted by atomic mass is 32.2. The molecule has 0 atom stereocenters. The minimum Gasteiger partial charge on any atom is -0.495 e. The molecule has 2 heterocycles. The van der Waals surface area contributed by atoms with Gasteiger partial charge in [-0.2, -0.15) is 0 Å². The summed E-state index contributed by atoms with van der Waals surface area (Å²) in [5.74, 6) is 1.77. The van der Waals surface area contributed by atoms with Crippen LogP contribution in [0.2, 0.25) is 0 Å². The van der Waals surface area contributed by atoms with E-state index < -0.39 is 0 Å². The van der Waals surface area contributed by atoms with Crippen LogP contribution in [0.1, 0.15) is 11.5 Å². The van der Waals surface area contributed by atoms with E-state index in [-0.39, 0.29) is 17.2 Å². The first kappa shape index (κ1) is 17.1. The number of carbonyl (C=O) groups excluding carboxylic acids is 1. The number of hydrogen-bond acceptors (Lipinski definition) is 6. The molecule has 0 unspecified atom stereocenters. The Morgan fingerprint density at radius 3 is 2.96 bits per heavy atom. The van der Waals surface area contributed by atoms with Crippen LogP contribution in [0.15, 0.2) is 45.7 Å². The maximum absolute atomic E-state index is 12.1. The van der Waals surface area contributed by atoms with Crippen molar-refractivity contribution in [1.29, 1.82) is 0 Å². The second-order valence-corrected chi connectivity index (χ2v) is 6.31. The summed E-state index contributed by atoms with van der Waals surface area (Å²) in [5.41, 5.74) is 1.44. The van der Waals surface area contributed by atoms with Crippen molar-refractivity contribution in [3.05, 3.63) is 58.2 Å². The van der Waals surface area contributed by atoms with E-state index in [1.165, 1.54) is 17.8 Å². The number of aromatic nitrogens is 2. The lowest BCUT2D eigenvalue weighted by molar-refractivity contribution is -0.113. The Balaban J connectivity index is 1.59. The Morgan fingerprint density at radius 1 is 1.36 bits per heavy atom. The highest BCUT2D eigenvalue weighted by molar-refractivity contribution is 7.99. The molecule has 0 aliphatic rings. The summed E-state index contributed by atoms with van der Waals surface area (Å²) in [6.07, 6.45) is 0. The number of aryl methyl sites for hydroxylation is 1. The molecule has 1 amide bonds. The third kappa shape index (κ3) is 4.03. The zero-order valence-corrected chi connectivity index (χ0v) is 14.6. The van der Waals surface area contributed by atoms with Crippen LogP contribution in [0.5, 0.6) is 5.75 Å². The van der Waals surface area contributed by atoms with E-state index in [0.29, 0.717) is 34.3 Å². The quantitative estimate of drug-likeness (QED) is 0.728. The Hall–Kier alpha value is -2.74. The Labute approximate surface area is 148 Å². The molecule has 2 aromatic heterocycles. The number of rotatable bonds is 6. The van der Waals surface area contributed by atoms with E-state index in [2.05, 4.69) is 10.3 Å². The molecule has 130 valence electrons. The van der Waals surface area contributed by atoms with Gasteiger partial charge in [-0.3, -0.25) is 9.59 Å². The molecule has 1 aromatic carbocycles. The topological polar surface area (TPSA) is 85.8 Å². The fourth-order valence-corrected chi connectivity index (χ4v) is 3.05. The van der Waals surface area contributed by atoms with Crippen molar-refractivity contribution in [1.82, 2.24) is 9.56 Å². The minimum absolute atomic E-state index is 0.147. The number of carbonyl (C=O) groups is 1. The van der Waals surface area contributed by atoms with Crippen LogP contribution in [0.3, 0.4) is 0 Å². The Bertz CT molecular complexity index is 964. The van der Waals surface area contributed by atoms with E-state index >= 15 is 0 Å². The molecule has 0 bridgehead atoms. The van der Waals surface area contributed by atoms with Crippen LogP contribution in [-0.4, -0.2) is 28.3 Å². The van der Waals surface area contributed by atoms with E-state index in [4.69, 9.17) is 9.26 Å². The standard InChI is InChI=1S/C17H17N3O4S/c1-11-7-15-18-12(8-17(22)20(15)24-11)9-25-10-16(21)19-13-5-3-4-6-14(13)23-2/h3-8H,9-10H2,1-2H3,(H,19,21). The third-order valence-electron chi connectivity index (χ3n) is 3.39. The number of benzene rings is 1. The molecule has 8 heteroatoms.